The largest absolute Gasteiger partial charge is 0.461 e. The number of carbonyl (C=O) groups is 3. The van der Waals surface area contributed by atoms with E-state index >= 15 is 0 Å². The van der Waals surface area contributed by atoms with Crippen molar-refractivity contribution in [2.45, 2.75) is 65.4 Å². The first-order valence-corrected chi connectivity index (χ1v) is 12.4. The Bertz CT molecular complexity index is 723. The van der Waals surface area contributed by atoms with Crippen LogP contribution in [-0.4, -0.2) is 36.5 Å². The minimum atomic E-state index is -2.21. The van der Waals surface area contributed by atoms with Crippen molar-refractivity contribution in [1.29, 1.82) is 0 Å². The van der Waals surface area contributed by atoms with Crippen LogP contribution in [-0.2, 0) is 25.7 Å². The van der Waals surface area contributed by atoms with E-state index in [1.54, 1.807) is 6.92 Å². The van der Waals surface area contributed by atoms with E-state index in [9.17, 15) is 14.4 Å². The Hall–Kier alpha value is -1.95. The van der Waals surface area contributed by atoms with Crippen molar-refractivity contribution in [3.63, 3.8) is 0 Å². The molecule has 0 aliphatic carbocycles. The van der Waals surface area contributed by atoms with Gasteiger partial charge in [-0.1, -0.05) is 64.2 Å². The molecule has 1 amide bonds. The van der Waals surface area contributed by atoms with E-state index in [0.717, 1.165) is 5.56 Å². The molecule has 0 spiro atoms. The van der Waals surface area contributed by atoms with Gasteiger partial charge in [0.05, 0.1) is 12.0 Å². The molecule has 0 radical (unpaired) electrons. The van der Waals surface area contributed by atoms with Crippen LogP contribution in [0.15, 0.2) is 30.3 Å². The van der Waals surface area contributed by atoms with Crippen molar-refractivity contribution < 1.29 is 19.1 Å². The second-order valence-electron chi connectivity index (χ2n) is 8.98. The fourth-order valence-corrected chi connectivity index (χ4v) is 5.98. The molecule has 5 nitrogen and oxygen atoms in total. The second kappa shape index (κ2) is 7.58. The summed E-state index contributed by atoms with van der Waals surface area (Å²) >= 11 is 0. The molecule has 1 aromatic rings. The van der Waals surface area contributed by atoms with Crippen molar-refractivity contribution in [3.8, 4) is 0 Å². The van der Waals surface area contributed by atoms with E-state index in [1.807, 2.05) is 34.9 Å². The topological polar surface area (TPSA) is 63.7 Å². The zero-order valence-corrected chi connectivity index (χ0v) is 18.4. The summed E-state index contributed by atoms with van der Waals surface area (Å²) in [5.74, 6) is -1.97. The molecule has 1 fully saturated rings. The maximum absolute atomic E-state index is 12.8. The Morgan fingerprint density at radius 2 is 1.74 bits per heavy atom. The molecule has 1 aromatic carbocycles. The van der Waals surface area contributed by atoms with Gasteiger partial charge in [-0.2, -0.15) is 0 Å². The third-order valence-corrected chi connectivity index (χ3v) is 11.5. The first kappa shape index (κ1) is 21.3. The minimum Gasteiger partial charge on any atom is -0.461 e. The van der Waals surface area contributed by atoms with Gasteiger partial charge >= 0.3 is 5.97 Å². The lowest BCUT2D eigenvalue weighted by molar-refractivity contribution is -0.164. The molecule has 0 saturated carbocycles. The second-order valence-corrected chi connectivity index (χ2v) is 14.1. The maximum atomic E-state index is 12.8. The highest BCUT2D eigenvalue weighted by molar-refractivity contribution is 6.80. The monoisotopic (exact) mass is 389 g/mol. The molecule has 27 heavy (non-hydrogen) atoms. The van der Waals surface area contributed by atoms with Gasteiger partial charge in [0, 0.05) is 0 Å². The highest BCUT2D eigenvalue weighted by Crippen LogP contribution is 2.46. The Kier molecular flexibility index (Phi) is 5.99. The predicted molar refractivity (Wildman–Crippen MR) is 107 cm³/mol. The van der Waals surface area contributed by atoms with Gasteiger partial charge in [-0.05, 0) is 24.4 Å². The summed E-state index contributed by atoms with van der Waals surface area (Å²) in [6.45, 7) is 14.0. The number of amides is 1. The third kappa shape index (κ3) is 4.00. The van der Waals surface area contributed by atoms with Crippen LogP contribution in [0.5, 0.6) is 0 Å². The molecule has 148 valence electrons. The number of benzene rings is 1. The molecule has 3 atom stereocenters. The summed E-state index contributed by atoms with van der Waals surface area (Å²) in [6.07, 6.45) is 0. The van der Waals surface area contributed by atoms with E-state index < -0.39 is 26.1 Å². The zero-order valence-electron chi connectivity index (χ0n) is 17.4. The Morgan fingerprint density at radius 3 is 2.22 bits per heavy atom. The van der Waals surface area contributed by atoms with Gasteiger partial charge < -0.3 is 9.30 Å². The number of nitrogens with zero attached hydrogens (tertiary/aromatic N) is 1. The van der Waals surface area contributed by atoms with Crippen LogP contribution >= 0.6 is 0 Å². The average molecular weight is 390 g/mol. The normalized spacial score (nSPS) is 21.4. The van der Waals surface area contributed by atoms with Crippen LogP contribution in [0.2, 0.25) is 18.1 Å². The van der Waals surface area contributed by atoms with Crippen LogP contribution in [0.1, 0.15) is 40.2 Å². The molecular weight excluding hydrogens is 358 g/mol. The number of Topliss-reactive ketones (excluding diaryl/α,β-unsaturated/α-hetero) is 1. The van der Waals surface area contributed by atoms with Crippen LogP contribution in [0, 0.1) is 11.8 Å². The highest BCUT2D eigenvalue weighted by Gasteiger charge is 2.61. The highest BCUT2D eigenvalue weighted by atomic mass is 28.3. The smallest absolute Gasteiger partial charge is 0.311 e. The number of carbonyl (C=O) groups excluding carboxylic acids is 3. The van der Waals surface area contributed by atoms with Crippen LogP contribution in [0.25, 0.3) is 0 Å². The fourth-order valence-electron chi connectivity index (χ4n) is 3.45. The van der Waals surface area contributed by atoms with E-state index in [0.29, 0.717) is 0 Å². The van der Waals surface area contributed by atoms with Gasteiger partial charge in [-0.25, -0.2) is 0 Å². The summed E-state index contributed by atoms with van der Waals surface area (Å²) in [4.78, 5) is 37.6. The third-order valence-electron chi connectivity index (χ3n) is 6.13. The van der Waals surface area contributed by atoms with E-state index in [4.69, 9.17) is 4.74 Å². The number of β-lactam (4-membered cyclic amide) rings is 1. The van der Waals surface area contributed by atoms with Crippen molar-refractivity contribution in [2.75, 3.05) is 0 Å². The van der Waals surface area contributed by atoms with Crippen LogP contribution < -0.4 is 0 Å². The van der Waals surface area contributed by atoms with Gasteiger partial charge in [-0.3, -0.25) is 14.4 Å². The number of hydrogen-bond acceptors (Lipinski definition) is 4. The first-order chi connectivity index (χ1) is 12.4. The number of esters is 1. The number of ether oxygens (including phenoxy) is 1. The lowest BCUT2D eigenvalue weighted by Gasteiger charge is -2.59. The summed E-state index contributed by atoms with van der Waals surface area (Å²) in [5.41, 5.74) is 0.909. The molecular formula is C21H31NO4Si. The fraction of sp³-hybridized carbons (Fsp3) is 0.571. The molecule has 0 bridgehead atoms. The molecule has 1 saturated heterocycles. The standard InChI is InChI=1S/C21H31NO4Si/c1-14(20(25)26-13-16-11-9-8-10-12-16)18-17(15(2)23)19(24)22(18)27(6,7)21(3,4)5/h8-12,14,17-18H,13H2,1-7H3/t14-,17-,18-/m1/s1. The van der Waals surface area contributed by atoms with Crippen molar-refractivity contribution in [1.82, 2.24) is 4.57 Å². The van der Waals surface area contributed by atoms with Gasteiger partial charge in [0.2, 0.25) is 5.91 Å². The van der Waals surface area contributed by atoms with Gasteiger partial charge in [0.15, 0.2) is 8.24 Å². The maximum Gasteiger partial charge on any atom is 0.311 e. The molecule has 1 heterocycles. The Labute approximate surface area is 163 Å². The summed E-state index contributed by atoms with van der Waals surface area (Å²) in [5, 5.41) is -0.0731. The lowest BCUT2D eigenvalue weighted by atomic mass is 9.79. The molecule has 1 aliphatic heterocycles. The molecule has 6 heteroatoms. The van der Waals surface area contributed by atoms with Crippen molar-refractivity contribution in [3.05, 3.63) is 35.9 Å². The van der Waals surface area contributed by atoms with E-state index in [-0.39, 0.29) is 29.3 Å². The first-order valence-electron chi connectivity index (χ1n) is 9.43. The van der Waals surface area contributed by atoms with Gasteiger partial charge in [0.1, 0.15) is 18.3 Å². The summed E-state index contributed by atoms with van der Waals surface area (Å²) in [7, 11) is -2.21. The van der Waals surface area contributed by atoms with E-state index in [2.05, 4.69) is 33.9 Å². The number of rotatable bonds is 6. The van der Waals surface area contributed by atoms with Crippen LogP contribution in [0.4, 0.5) is 0 Å². The van der Waals surface area contributed by atoms with Crippen molar-refractivity contribution >= 4 is 25.9 Å². The van der Waals surface area contributed by atoms with Gasteiger partial charge in [-0.15, -0.1) is 0 Å². The molecule has 0 aromatic heterocycles. The number of ketones is 1. The van der Waals surface area contributed by atoms with Crippen molar-refractivity contribution in [2.24, 2.45) is 11.8 Å². The molecule has 2 rings (SSSR count). The Balaban J connectivity index is 2.20. The summed E-state index contributed by atoms with van der Waals surface area (Å²) < 4.78 is 7.34. The SMILES string of the molecule is CC(=O)[C@H]1C(=O)N([Si](C)(C)C(C)(C)C)[C@@H]1[C@@H](C)C(=O)OCc1ccccc1. The van der Waals surface area contributed by atoms with Crippen LogP contribution in [0.3, 0.4) is 0 Å². The average Bonchev–Trinajstić information content (AvgIpc) is 2.56. The van der Waals surface area contributed by atoms with E-state index in [1.165, 1.54) is 6.92 Å². The molecule has 0 N–H and O–H groups in total. The summed E-state index contributed by atoms with van der Waals surface area (Å²) in [6, 6.07) is 9.06. The predicted octanol–water partition coefficient (Wildman–Crippen LogP) is 3.79. The quantitative estimate of drug-likeness (QED) is 0.321. The molecule has 1 aliphatic rings. The molecule has 0 unspecified atom stereocenters. The lowest BCUT2D eigenvalue weighted by Crippen LogP contribution is -2.76. The Morgan fingerprint density at radius 1 is 1.19 bits per heavy atom. The minimum absolute atomic E-state index is 0.0731. The number of hydrogen-bond donors (Lipinski definition) is 0. The van der Waals surface area contributed by atoms with Gasteiger partial charge in [0.25, 0.3) is 0 Å². The zero-order chi connectivity index (χ0) is 20.6.